The molecule has 1 aliphatic rings. The van der Waals surface area contributed by atoms with Gasteiger partial charge >= 0.3 is 0 Å². The molecule has 5 heteroatoms. The van der Waals surface area contributed by atoms with Gasteiger partial charge in [-0.1, -0.05) is 42.5 Å². The first kappa shape index (κ1) is 16.2. The van der Waals surface area contributed by atoms with Gasteiger partial charge in [-0.3, -0.25) is 4.90 Å². The van der Waals surface area contributed by atoms with Gasteiger partial charge in [0.25, 0.3) is 0 Å². The van der Waals surface area contributed by atoms with Crippen LogP contribution in [0.3, 0.4) is 0 Å². The zero-order valence-electron chi connectivity index (χ0n) is 13.3. The maximum Gasteiger partial charge on any atom is 0.175 e. The maximum atomic E-state index is 11.5. The highest BCUT2D eigenvalue weighted by Gasteiger charge is 2.43. The van der Waals surface area contributed by atoms with Crippen LogP contribution in [0.4, 0.5) is 0 Å². The van der Waals surface area contributed by atoms with E-state index in [0.717, 1.165) is 12.1 Å². The van der Waals surface area contributed by atoms with Crippen LogP contribution in [0.5, 0.6) is 0 Å². The fourth-order valence-electron chi connectivity index (χ4n) is 2.95. The number of aliphatic hydroxyl groups is 1. The summed E-state index contributed by atoms with van der Waals surface area (Å²) in [6.45, 7) is 2.97. The summed E-state index contributed by atoms with van der Waals surface area (Å²) in [5, 5.41) is 10.5. The Morgan fingerprint density at radius 3 is 2.22 bits per heavy atom. The maximum absolute atomic E-state index is 11.5. The fourth-order valence-corrected chi connectivity index (χ4v) is 3.58. The second-order valence-corrected chi connectivity index (χ2v) is 8.15. The topological polar surface area (TPSA) is 57.4 Å². The Morgan fingerprint density at radius 2 is 1.65 bits per heavy atom. The summed E-state index contributed by atoms with van der Waals surface area (Å²) < 4.78 is 23.0. The van der Waals surface area contributed by atoms with Crippen molar-refractivity contribution in [1.29, 1.82) is 0 Å². The van der Waals surface area contributed by atoms with Crippen LogP contribution in [-0.2, 0) is 9.84 Å². The van der Waals surface area contributed by atoms with Crippen molar-refractivity contribution < 1.29 is 13.5 Å². The van der Waals surface area contributed by atoms with Crippen molar-refractivity contribution in [2.24, 2.45) is 0 Å². The molecule has 1 N–H and O–H groups in total. The number of sulfone groups is 1. The van der Waals surface area contributed by atoms with Crippen molar-refractivity contribution in [1.82, 2.24) is 4.90 Å². The molecule has 122 valence electrons. The lowest BCUT2D eigenvalue weighted by Crippen LogP contribution is -2.14. The van der Waals surface area contributed by atoms with Gasteiger partial charge in [0.05, 0.1) is 17.0 Å². The van der Waals surface area contributed by atoms with E-state index in [1.165, 1.54) is 11.8 Å². The van der Waals surface area contributed by atoms with Gasteiger partial charge in [0, 0.05) is 18.8 Å². The molecular weight excluding hydrogens is 310 g/mol. The first-order chi connectivity index (χ1) is 10.9. The van der Waals surface area contributed by atoms with Crippen molar-refractivity contribution in [3.05, 3.63) is 65.7 Å². The molecule has 23 heavy (non-hydrogen) atoms. The fraction of sp³-hybridized carbons (Fsp3) is 0.333. The molecule has 0 amide bonds. The Balaban J connectivity index is 1.69. The number of benzene rings is 2. The van der Waals surface area contributed by atoms with E-state index in [1.807, 2.05) is 18.2 Å². The molecule has 4 nitrogen and oxygen atoms in total. The highest BCUT2D eigenvalue weighted by Crippen LogP contribution is 2.38. The molecule has 0 radical (unpaired) electrons. The predicted molar refractivity (Wildman–Crippen MR) is 89.9 cm³/mol. The SMILES string of the molecule is C[C@@H](c1ccccc1)N1C[C@@H]1[C@@H](O)c1ccc(S(C)(=O)=O)cc1. The lowest BCUT2D eigenvalue weighted by Gasteiger charge is -2.17. The molecule has 1 unspecified atom stereocenters. The largest absolute Gasteiger partial charge is 0.387 e. The highest BCUT2D eigenvalue weighted by atomic mass is 32.2. The zero-order valence-corrected chi connectivity index (χ0v) is 14.1. The summed E-state index contributed by atoms with van der Waals surface area (Å²) in [4.78, 5) is 2.52. The molecule has 2 aromatic carbocycles. The zero-order chi connectivity index (χ0) is 16.6. The van der Waals surface area contributed by atoms with E-state index in [4.69, 9.17) is 0 Å². The van der Waals surface area contributed by atoms with E-state index in [9.17, 15) is 13.5 Å². The van der Waals surface area contributed by atoms with Crippen molar-refractivity contribution in [2.75, 3.05) is 12.8 Å². The molecule has 1 fully saturated rings. The van der Waals surface area contributed by atoms with Crippen molar-refractivity contribution in [3.8, 4) is 0 Å². The van der Waals surface area contributed by atoms with E-state index in [2.05, 4.69) is 24.0 Å². The Hall–Kier alpha value is -1.69. The third-order valence-corrected chi connectivity index (χ3v) is 5.61. The summed E-state index contributed by atoms with van der Waals surface area (Å²) in [5.74, 6) is 0. The smallest absolute Gasteiger partial charge is 0.175 e. The van der Waals surface area contributed by atoms with Crippen LogP contribution in [0, 0.1) is 0 Å². The van der Waals surface area contributed by atoms with Gasteiger partial charge in [-0.2, -0.15) is 0 Å². The monoisotopic (exact) mass is 331 g/mol. The van der Waals surface area contributed by atoms with Crippen LogP contribution in [0.15, 0.2) is 59.5 Å². The molecule has 0 aromatic heterocycles. The van der Waals surface area contributed by atoms with Crippen LogP contribution < -0.4 is 0 Å². The van der Waals surface area contributed by atoms with E-state index in [0.29, 0.717) is 0 Å². The molecule has 3 rings (SSSR count). The lowest BCUT2D eigenvalue weighted by atomic mass is 10.1. The van der Waals surface area contributed by atoms with Crippen LogP contribution in [0.25, 0.3) is 0 Å². The normalized spacial score (nSPS) is 23.3. The van der Waals surface area contributed by atoms with Crippen LogP contribution >= 0.6 is 0 Å². The van der Waals surface area contributed by atoms with Gasteiger partial charge in [-0.05, 0) is 30.2 Å². The van der Waals surface area contributed by atoms with Gasteiger partial charge in [-0.15, -0.1) is 0 Å². The predicted octanol–water partition coefficient (Wildman–Crippen LogP) is 2.57. The van der Waals surface area contributed by atoms with Gasteiger partial charge in [0.1, 0.15) is 0 Å². The number of hydrogen-bond donors (Lipinski definition) is 1. The number of nitrogens with zero attached hydrogens (tertiary/aromatic N) is 1. The van der Waals surface area contributed by atoms with Crippen LogP contribution in [0.1, 0.15) is 30.2 Å². The molecule has 0 bridgehead atoms. The Bertz CT molecular complexity index is 772. The Morgan fingerprint density at radius 1 is 1.04 bits per heavy atom. The number of hydrogen-bond acceptors (Lipinski definition) is 4. The van der Waals surface area contributed by atoms with E-state index >= 15 is 0 Å². The van der Waals surface area contributed by atoms with E-state index in [1.54, 1.807) is 24.3 Å². The first-order valence-electron chi connectivity index (χ1n) is 7.66. The summed E-state index contributed by atoms with van der Waals surface area (Å²) in [5.41, 5.74) is 1.99. The second kappa shape index (κ2) is 6.07. The van der Waals surface area contributed by atoms with Gasteiger partial charge in [0.15, 0.2) is 9.84 Å². The van der Waals surface area contributed by atoms with Crippen LogP contribution in [-0.4, -0.2) is 37.3 Å². The van der Waals surface area contributed by atoms with E-state index in [-0.39, 0.29) is 17.0 Å². The molecule has 4 atom stereocenters. The van der Waals surface area contributed by atoms with Crippen molar-refractivity contribution >= 4 is 9.84 Å². The summed E-state index contributed by atoms with van der Waals surface area (Å²) in [7, 11) is -3.20. The quantitative estimate of drug-likeness (QED) is 0.856. The number of aliphatic hydroxyl groups excluding tert-OH is 1. The minimum absolute atomic E-state index is 0.0780. The molecule has 1 heterocycles. The van der Waals surface area contributed by atoms with E-state index < -0.39 is 15.9 Å². The molecule has 1 aliphatic heterocycles. The average molecular weight is 331 g/mol. The lowest BCUT2D eigenvalue weighted by molar-refractivity contribution is 0.151. The summed E-state index contributed by atoms with van der Waals surface area (Å²) >= 11 is 0. The molecule has 2 aromatic rings. The minimum Gasteiger partial charge on any atom is -0.387 e. The average Bonchev–Trinajstić information content (AvgIpc) is 3.34. The first-order valence-corrected chi connectivity index (χ1v) is 9.56. The third kappa shape index (κ3) is 3.47. The minimum atomic E-state index is -3.20. The van der Waals surface area contributed by atoms with Crippen molar-refractivity contribution in [3.63, 3.8) is 0 Å². The highest BCUT2D eigenvalue weighted by molar-refractivity contribution is 7.90. The third-order valence-electron chi connectivity index (χ3n) is 4.48. The molecule has 0 saturated carbocycles. The Kier molecular flexibility index (Phi) is 4.27. The van der Waals surface area contributed by atoms with Crippen LogP contribution in [0.2, 0.25) is 0 Å². The van der Waals surface area contributed by atoms with Gasteiger partial charge < -0.3 is 5.11 Å². The molecule has 1 saturated heterocycles. The number of rotatable bonds is 5. The second-order valence-electron chi connectivity index (χ2n) is 6.14. The Labute approximate surface area is 137 Å². The van der Waals surface area contributed by atoms with Gasteiger partial charge in [-0.25, -0.2) is 8.42 Å². The van der Waals surface area contributed by atoms with Gasteiger partial charge in [0.2, 0.25) is 0 Å². The van der Waals surface area contributed by atoms with Crippen molar-refractivity contribution in [2.45, 2.75) is 30.0 Å². The molecule has 0 aliphatic carbocycles. The standard InChI is InChI=1S/C18H21NO3S/c1-13(14-6-4-3-5-7-14)19-12-17(19)18(20)15-8-10-16(11-9-15)23(2,21)22/h3-11,13,17-18,20H,12H2,1-2H3/t13-,17+,18-,19?/m0/s1. The molecular formula is C18H21NO3S. The summed E-state index contributed by atoms with van der Waals surface area (Å²) in [6, 6.07) is 17.1. The molecule has 0 spiro atoms. The summed E-state index contributed by atoms with van der Waals surface area (Å²) in [6.07, 6.45) is 0.581.